The first-order valence-electron chi connectivity index (χ1n) is 5.03. The molecule has 8 nitrogen and oxygen atoms in total. The van der Waals surface area contributed by atoms with Crippen LogP contribution in [0.5, 0.6) is 0 Å². The van der Waals surface area contributed by atoms with Crippen molar-refractivity contribution in [1.29, 1.82) is 0 Å². The summed E-state index contributed by atoms with van der Waals surface area (Å²) in [4.78, 5) is 44.0. The van der Waals surface area contributed by atoms with E-state index in [2.05, 4.69) is 20.1 Å². The Kier molecular flexibility index (Phi) is 4.85. The topological polar surface area (TPSA) is 111 Å². The lowest BCUT2D eigenvalue weighted by molar-refractivity contribution is -0.143. The maximum atomic E-state index is 11.3. The Morgan fingerprint density at radius 1 is 1.33 bits per heavy atom. The number of piperazine rings is 1. The molecule has 2 N–H and O–H groups in total. The quantitative estimate of drug-likeness (QED) is 0.439. The molecule has 8 heteroatoms. The predicted octanol–water partition coefficient (Wildman–Crippen LogP) is -2.13. The highest BCUT2D eigenvalue weighted by atomic mass is 16.5. The molecule has 0 unspecified atom stereocenters. The van der Waals surface area contributed by atoms with Gasteiger partial charge in [0.1, 0.15) is 12.6 Å². The Hall–Kier alpha value is -2.38. The molecule has 0 aromatic heterocycles. The highest BCUT2D eigenvalue weighted by Gasteiger charge is 2.26. The Bertz CT molecular complexity index is 403. The van der Waals surface area contributed by atoms with Gasteiger partial charge in [0.05, 0.1) is 13.7 Å². The SMILES string of the molecule is COC(=O)/C=C/C(=O)OC[C@@H]1NC(=O)CNC1=O. The molecular formula is C10H12N2O6. The van der Waals surface area contributed by atoms with Crippen LogP contribution in [0, 0.1) is 0 Å². The van der Waals surface area contributed by atoms with Gasteiger partial charge in [-0.05, 0) is 0 Å². The zero-order chi connectivity index (χ0) is 13.5. The summed E-state index contributed by atoms with van der Waals surface area (Å²) in [5.74, 6) is -2.30. The van der Waals surface area contributed by atoms with E-state index in [4.69, 9.17) is 0 Å². The maximum Gasteiger partial charge on any atom is 0.331 e. The number of hydrogen-bond donors (Lipinski definition) is 2. The first-order valence-corrected chi connectivity index (χ1v) is 5.03. The van der Waals surface area contributed by atoms with Gasteiger partial charge in [0.2, 0.25) is 11.8 Å². The third-order valence-corrected chi connectivity index (χ3v) is 2.02. The van der Waals surface area contributed by atoms with E-state index in [1.165, 1.54) is 7.11 Å². The smallest absolute Gasteiger partial charge is 0.331 e. The van der Waals surface area contributed by atoms with Crippen LogP contribution in [0.25, 0.3) is 0 Å². The molecule has 1 aliphatic rings. The lowest BCUT2D eigenvalue weighted by Crippen LogP contribution is -2.58. The fourth-order valence-corrected chi connectivity index (χ4v) is 1.14. The number of carbonyl (C=O) groups excluding carboxylic acids is 4. The third-order valence-electron chi connectivity index (χ3n) is 2.02. The van der Waals surface area contributed by atoms with E-state index in [0.29, 0.717) is 0 Å². The number of ether oxygens (including phenoxy) is 2. The molecular weight excluding hydrogens is 244 g/mol. The molecule has 1 saturated heterocycles. The van der Waals surface area contributed by atoms with Gasteiger partial charge in [-0.25, -0.2) is 9.59 Å². The summed E-state index contributed by atoms with van der Waals surface area (Å²) in [6.45, 7) is -0.395. The molecule has 1 rings (SSSR count). The minimum Gasteiger partial charge on any atom is -0.466 e. The van der Waals surface area contributed by atoms with Crippen molar-refractivity contribution in [1.82, 2.24) is 10.6 Å². The van der Waals surface area contributed by atoms with Crippen LogP contribution < -0.4 is 10.6 Å². The van der Waals surface area contributed by atoms with Crippen LogP contribution >= 0.6 is 0 Å². The zero-order valence-corrected chi connectivity index (χ0v) is 9.60. The molecule has 18 heavy (non-hydrogen) atoms. The molecule has 1 fully saturated rings. The molecule has 0 saturated carbocycles. The van der Waals surface area contributed by atoms with Crippen molar-refractivity contribution in [2.45, 2.75) is 6.04 Å². The number of carbonyl (C=O) groups is 4. The lowest BCUT2D eigenvalue weighted by atomic mass is 10.2. The molecule has 0 aromatic rings. The summed E-state index contributed by atoms with van der Waals surface area (Å²) in [6.07, 6.45) is 1.76. The Morgan fingerprint density at radius 2 is 2.00 bits per heavy atom. The number of methoxy groups -OCH3 is 1. The van der Waals surface area contributed by atoms with Crippen LogP contribution in [-0.2, 0) is 28.7 Å². The second-order valence-corrected chi connectivity index (χ2v) is 3.32. The molecule has 0 bridgehead atoms. The number of esters is 2. The largest absolute Gasteiger partial charge is 0.466 e. The fourth-order valence-electron chi connectivity index (χ4n) is 1.14. The summed E-state index contributed by atoms with van der Waals surface area (Å²) in [5, 5.41) is 4.68. The molecule has 98 valence electrons. The molecule has 1 atom stereocenters. The highest BCUT2D eigenvalue weighted by Crippen LogP contribution is 1.93. The summed E-state index contributed by atoms with van der Waals surface area (Å²) >= 11 is 0. The van der Waals surface area contributed by atoms with Crippen LogP contribution in [0.3, 0.4) is 0 Å². The minimum atomic E-state index is -0.915. The molecule has 0 radical (unpaired) electrons. The summed E-state index contributed by atoms with van der Waals surface area (Å²) in [6, 6.07) is -0.915. The number of amides is 2. The van der Waals surface area contributed by atoms with Gasteiger partial charge in [-0.15, -0.1) is 0 Å². The highest BCUT2D eigenvalue weighted by molar-refractivity contribution is 5.95. The third kappa shape index (κ3) is 4.24. The molecule has 0 aliphatic carbocycles. The van der Waals surface area contributed by atoms with Crippen LogP contribution in [0.1, 0.15) is 0 Å². The average Bonchev–Trinajstić information content (AvgIpc) is 2.36. The van der Waals surface area contributed by atoms with Crippen molar-refractivity contribution in [3.05, 3.63) is 12.2 Å². The number of rotatable bonds is 4. The van der Waals surface area contributed by atoms with Crippen LogP contribution in [0.15, 0.2) is 12.2 Å². The summed E-state index contributed by atoms with van der Waals surface area (Å²) in [7, 11) is 1.17. The van der Waals surface area contributed by atoms with Gasteiger partial charge in [-0.1, -0.05) is 0 Å². The second-order valence-electron chi connectivity index (χ2n) is 3.32. The first kappa shape index (κ1) is 13.7. The summed E-state index contributed by atoms with van der Waals surface area (Å²) < 4.78 is 8.96. The van der Waals surface area contributed by atoms with E-state index >= 15 is 0 Å². The molecule has 0 spiro atoms. The van der Waals surface area contributed by atoms with E-state index in [1.54, 1.807) is 0 Å². The predicted molar refractivity (Wildman–Crippen MR) is 57.1 cm³/mol. The van der Waals surface area contributed by atoms with Crippen LogP contribution in [0.4, 0.5) is 0 Å². The van der Waals surface area contributed by atoms with Gasteiger partial charge >= 0.3 is 11.9 Å². The van der Waals surface area contributed by atoms with Gasteiger partial charge in [0.25, 0.3) is 0 Å². The lowest BCUT2D eigenvalue weighted by Gasteiger charge is -2.22. The first-order chi connectivity index (χ1) is 8.52. The second kappa shape index (κ2) is 6.38. The van der Waals surface area contributed by atoms with Crippen LogP contribution in [0.2, 0.25) is 0 Å². The van der Waals surface area contributed by atoms with Gasteiger partial charge < -0.3 is 20.1 Å². The van der Waals surface area contributed by atoms with E-state index in [1.807, 2.05) is 0 Å². The molecule has 2 amide bonds. The Morgan fingerprint density at radius 3 is 2.67 bits per heavy atom. The van der Waals surface area contributed by atoms with E-state index in [9.17, 15) is 19.2 Å². The summed E-state index contributed by atoms with van der Waals surface area (Å²) in [5.41, 5.74) is 0. The van der Waals surface area contributed by atoms with Gasteiger partial charge in [-0.2, -0.15) is 0 Å². The number of hydrogen-bond acceptors (Lipinski definition) is 6. The van der Waals surface area contributed by atoms with Crippen molar-refractivity contribution >= 4 is 23.8 Å². The monoisotopic (exact) mass is 256 g/mol. The van der Waals surface area contributed by atoms with E-state index < -0.39 is 23.9 Å². The van der Waals surface area contributed by atoms with Crippen molar-refractivity contribution in [3.63, 3.8) is 0 Å². The zero-order valence-electron chi connectivity index (χ0n) is 9.60. The van der Waals surface area contributed by atoms with Crippen LogP contribution in [-0.4, -0.2) is 50.1 Å². The Labute approximate surface area is 102 Å². The molecule has 1 aliphatic heterocycles. The van der Waals surface area contributed by atoms with Crippen molar-refractivity contribution in [2.75, 3.05) is 20.3 Å². The molecule has 1 heterocycles. The van der Waals surface area contributed by atoms with Crippen molar-refractivity contribution < 1.29 is 28.7 Å². The number of nitrogens with one attached hydrogen (secondary N) is 2. The fraction of sp³-hybridized carbons (Fsp3) is 0.400. The van der Waals surface area contributed by atoms with Crippen molar-refractivity contribution in [2.24, 2.45) is 0 Å². The molecule has 0 aromatic carbocycles. The van der Waals surface area contributed by atoms with Gasteiger partial charge in [0.15, 0.2) is 0 Å². The van der Waals surface area contributed by atoms with E-state index in [0.717, 1.165) is 12.2 Å². The average molecular weight is 256 g/mol. The van der Waals surface area contributed by atoms with Gasteiger partial charge in [-0.3, -0.25) is 9.59 Å². The standard InChI is InChI=1S/C10H12N2O6/c1-17-8(14)2-3-9(15)18-5-6-10(16)11-4-7(13)12-6/h2-3,6H,4-5H2,1H3,(H,11,16)(H,12,13)/b3-2+/t6-/m0/s1. The maximum absolute atomic E-state index is 11.3. The van der Waals surface area contributed by atoms with Gasteiger partial charge in [0, 0.05) is 12.2 Å². The minimum absolute atomic E-state index is 0.0917. The Balaban J connectivity index is 2.37. The van der Waals surface area contributed by atoms with Crippen molar-refractivity contribution in [3.8, 4) is 0 Å². The normalized spacial score (nSPS) is 19.1. The van der Waals surface area contributed by atoms with E-state index in [-0.39, 0.29) is 19.1 Å².